The van der Waals surface area contributed by atoms with Crippen LogP contribution in [0.3, 0.4) is 0 Å². The zero-order chi connectivity index (χ0) is 15.4. The lowest BCUT2D eigenvalue weighted by Gasteiger charge is -2.09. The number of nitrogens with one attached hydrogen (secondary N) is 2. The number of carbonyl (C=O) groups is 2. The van der Waals surface area contributed by atoms with Gasteiger partial charge in [0.2, 0.25) is 0 Å². The first-order chi connectivity index (χ1) is 9.95. The first kappa shape index (κ1) is 15.2. The molecule has 0 radical (unpaired) electrons. The monoisotopic (exact) mass is 324 g/mol. The van der Waals surface area contributed by atoms with E-state index in [-0.39, 0.29) is 5.56 Å². The van der Waals surface area contributed by atoms with Crippen LogP contribution in [0, 0.1) is 0 Å². The zero-order valence-electron chi connectivity index (χ0n) is 10.6. The molecule has 3 N–H and O–H groups in total. The molecule has 5 nitrogen and oxygen atoms in total. The van der Waals surface area contributed by atoms with Gasteiger partial charge >= 0.3 is 12.0 Å². The highest BCUT2D eigenvalue weighted by molar-refractivity contribution is 6.42. The van der Waals surface area contributed by atoms with Gasteiger partial charge in [0.1, 0.15) is 0 Å². The number of carbonyl (C=O) groups excluding carboxylic acids is 1. The Bertz CT molecular complexity index is 704. The van der Waals surface area contributed by atoms with E-state index in [2.05, 4.69) is 10.6 Å². The summed E-state index contributed by atoms with van der Waals surface area (Å²) in [4.78, 5) is 22.7. The van der Waals surface area contributed by atoms with Gasteiger partial charge in [0.15, 0.2) is 0 Å². The van der Waals surface area contributed by atoms with E-state index < -0.39 is 12.0 Å². The summed E-state index contributed by atoms with van der Waals surface area (Å²) in [7, 11) is 0. The normalized spacial score (nSPS) is 10.0. The maximum atomic E-state index is 11.8. The number of carboxylic acids is 1. The number of halogens is 2. The fourth-order valence-electron chi connectivity index (χ4n) is 1.60. The summed E-state index contributed by atoms with van der Waals surface area (Å²) in [5.41, 5.74) is 0.922. The van der Waals surface area contributed by atoms with Crippen LogP contribution in [0.5, 0.6) is 0 Å². The summed E-state index contributed by atoms with van der Waals surface area (Å²) in [6.07, 6.45) is 0. The second kappa shape index (κ2) is 6.47. The van der Waals surface area contributed by atoms with E-state index in [9.17, 15) is 9.59 Å². The highest BCUT2D eigenvalue weighted by Gasteiger charge is 2.07. The molecule has 2 aromatic carbocycles. The number of anilines is 2. The minimum atomic E-state index is -1.07. The summed E-state index contributed by atoms with van der Waals surface area (Å²) in [6, 6.07) is 10.1. The molecule has 2 aromatic rings. The van der Waals surface area contributed by atoms with Gasteiger partial charge in [-0.15, -0.1) is 0 Å². The second-order valence-electron chi connectivity index (χ2n) is 4.09. The first-order valence-electron chi connectivity index (χ1n) is 5.82. The topological polar surface area (TPSA) is 78.4 Å². The van der Waals surface area contributed by atoms with Crippen molar-refractivity contribution < 1.29 is 14.7 Å². The quantitative estimate of drug-likeness (QED) is 0.785. The van der Waals surface area contributed by atoms with Crippen molar-refractivity contribution in [2.24, 2.45) is 0 Å². The van der Waals surface area contributed by atoms with Crippen molar-refractivity contribution >= 4 is 46.6 Å². The molecule has 0 unspecified atom stereocenters. The second-order valence-corrected chi connectivity index (χ2v) is 4.91. The van der Waals surface area contributed by atoms with Gasteiger partial charge in [-0.25, -0.2) is 9.59 Å². The van der Waals surface area contributed by atoms with Crippen LogP contribution >= 0.6 is 23.2 Å². The van der Waals surface area contributed by atoms with Crippen molar-refractivity contribution in [1.29, 1.82) is 0 Å². The number of carboxylic acid groups (broad SMARTS) is 1. The molecule has 0 fully saturated rings. The Morgan fingerprint density at radius 2 is 1.57 bits per heavy atom. The van der Waals surface area contributed by atoms with E-state index in [4.69, 9.17) is 28.3 Å². The Balaban J connectivity index is 2.06. The highest BCUT2D eigenvalue weighted by Crippen LogP contribution is 2.25. The van der Waals surface area contributed by atoms with Crippen LogP contribution in [-0.4, -0.2) is 17.1 Å². The van der Waals surface area contributed by atoms with E-state index in [1.165, 1.54) is 24.3 Å². The molecule has 2 amide bonds. The predicted octanol–water partition coefficient (Wildman–Crippen LogP) is 4.34. The molecule has 108 valence electrons. The summed E-state index contributed by atoms with van der Waals surface area (Å²) in [5, 5.41) is 14.7. The number of hydrogen-bond acceptors (Lipinski definition) is 2. The number of benzene rings is 2. The molecule has 0 aliphatic rings. The van der Waals surface area contributed by atoms with Gasteiger partial charge in [-0.05, 0) is 36.4 Å². The van der Waals surface area contributed by atoms with E-state index >= 15 is 0 Å². The molecule has 0 saturated carbocycles. The van der Waals surface area contributed by atoms with Crippen LogP contribution in [0.4, 0.5) is 16.2 Å². The molecule has 21 heavy (non-hydrogen) atoms. The van der Waals surface area contributed by atoms with E-state index in [0.29, 0.717) is 21.4 Å². The minimum Gasteiger partial charge on any atom is -0.478 e. The molecule has 7 heteroatoms. The number of rotatable bonds is 3. The summed E-state index contributed by atoms with van der Waals surface area (Å²) in [6.45, 7) is 0. The lowest BCUT2D eigenvalue weighted by molar-refractivity contribution is 0.0697. The largest absolute Gasteiger partial charge is 0.478 e. The van der Waals surface area contributed by atoms with Crippen molar-refractivity contribution in [1.82, 2.24) is 0 Å². The molecule has 0 spiro atoms. The molecule has 0 aliphatic heterocycles. The SMILES string of the molecule is O=C(Nc1cccc(C(=O)O)c1)Nc1ccc(Cl)c(Cl)c1. The lowest BCUT2D eigenvalue weighted by atomic mass is 10.2. The maximum Gasteiger partial charge on any atom is 0.335 e. The molecule has 0 aromatic heterocycles. The smallest absolute Gasteiger partial charge is 0.335 e. The van der Waals surface area contributed by atoms with Gasteiger partial charge in [-0.1, -0.05) is 29.3 Å². The van der Waals surface area contributed by atoms with Crippen molar-refractivity contribution in [2.75, 3.05) is 10.6 Å². The Morgan fingerprint density at radius 1 is 0.905 bits per heavy atom. The minimum absolute atomic E-state index is 0.0855. The van der Waals surface area contributed by atoms with Crippen molar-refractivity contribution in [3.05, 3.63) is 58.1 Å². The van der Waals surface area contributed by atoms with Crippen LogP contribution in [-0.2, 0) is 0 Å². The maximum absolute atomic E-state index is 11.8. The summed E-state index contributed by atoms with van der Waals surface area (Å²) in [5.74, 6) is -1.07. The molecule has 0 atom stereocenters. The zero-order valence-corrected chi connectivity index (χ0v) is 12.1. The molecule has 0 saturated heterocycles. The van der Waals surface area contributed by atoms with Gasteiger partial charge in [0.05, 0.1) is 15.6 Å². The lowest BCUT2D eigenvalue weighted by Crippen LogP contribution is -2.19. The van der Waals surface area contributed by atoms with Crippen LogP contribution in [0.25, 0.3) is 0 Å². The van der Waals surface area contributed by atoms with Crippen molar-refractivity contribution in [3.8, 4) is 0 Å². The molecule has 0 heterocycles. The summed E-state index contributed by atoms with van der Waals surface area (Å²) < 4.78 is 0. The Hall–Kier alpha value is -2.24. The van der Waals surface area contributed by atoms with E-state index in [1.54, 1.807) is 18.2 Å². The van der Waals surface area contributed by atoms with Gasteiger partial charge in [-0.2, -0.15) is 0 Å². The number of amides is 2. The van der Waals surface area contributed by atoms with Crippen LogP contribution < -0.4 is 10.6 Å². The summed E-state index contributed by atoms with van der Waals surface area (Å²) >= 11 is 11.6. The predicted molar refractivity (Wildman–Crippen MR) is 82.5 cm³/mol. The molecule has 0 aliphatic carbocycles. The third kappa shape index (κ3) is 4.11. The van der Waals surface area contributed by atoms with E-state index in [0.717, 1.165) is 0 Å². The van der Waals surface area contributed by atoms with Crippen molar-refractivity contribution in [3.63, 3.8) is 0 Å². The van der Waals surface area contributed by atoms with E-state index in [1.807, 2.05) is 0 Å². The average Bonchev–Trinajstić information content (AvgIpc) is 2.43. The number of aromatic carboxylic acids is 1. The molecular formula is C14H10Cl2N2O3. The first-order valence-corrected chi connectivity index (χ1v) is 6.58. The third-order valence-electron chi connectivity index (χ3n) is 2.54. The molecule has 2 rings (SSSR count). The number of urea groups is 1. The molecular weight excluding hydrogens is 315 g/mol. The van der Waals surface area contributed by atoms with Gasteiger partial charge in [-0.3, -0.25) is 0 Å². The number of hydrogen-bond donors (Lipinski definition) is 3. The average molecular weight is 325 g/mol. The fraction of sp³-hybridized carbons (Fsp3) is 0. The van der Waals surface area contributed by atoms with Gasteiger partial charge in [0.25, 0.3) is 0 Å². The van der Waals surface area contributed by atoms with Crippen LogP contribution in [0.1, 0.15) is 10.4 Å². The standard InChI is InChI=1S/C14H10Cl2N2O3/c15-11-5-4-10(7-12(11)16)18-14(21)17-9-3-1-2-8(6-9)13(19)20/h1-7H,(H,19,20)(H2,17,18,21). The Morgan fingerprint density at radius 3 is 2.19 bits per heavy atom. The third-order valence-corrected chi connectivity index (χ3v) is 3.28. The fourth-order valence-corrected chi connectivity index (χ4v) is 1.90. The Kier molecular flexibility index (Phi) is 4.67. The van der Waals surface area contributed by atoms with Gasteiger partial charge < -0.3 is 15.7 Å². The highest BCUT2D eigenvalue weighted by atomic mass is 35.5. The van der Waals surface area contributed by atoms with Crippen LogP contribution in [0.15, 0.2) is 42.5 Å². The van der Waals surface area contributed by atoms with Gasteiger partial charge in [0, 0.05) is 11.4 Å². The Labute approximate surface area is 130 Å². The molecule has 0 bridgehead atoms. The van der Waals surface area contributed by atoms with Crippen LogP contribution in [0.2, 0.25) is 10.0 Å². The van der Waals surface area contributed by atoms with Crippen molar-refractivity contribution in [2.45, 2.75) is 0 Å².